The molecule has 0 bridgehead atoms. The van der Waals surface area contributed by atoms with Gasteiger partial charge in [-0.05, 0) is 59.9 Å². The normalized spacial score (nSPS) is 12.5. The number of alkyl halides is 3. The number of rotatable bonds is 10. The van der Waals surface area contributed by atoms with Crippen molar-refractivity contribution in [1.82, 2.24) is 10.1 Å². The van der Waals surface area contributed by atoms with Gasteiger partial charge < -0.3 is 14.0 Å². The number of nitrogens with zero attached hydrogens (tertiary/aromatic N) is 2. The summed E-state index contributed by atoms with van der Waals surface area (Å²) in [7, 11) is 1.30. The maximum absolute atomic E-state index is 13.7. The van der Waals surface area contributed by atoms with E-state index in [4.69, 9.17) is 14.0 Å². The van der Waals surface area contributed by atoms with Crippen LogP contribution >= 0.6 is 0 Å². The maximum atomic E-state index is 13.7. The monoisotopic (exact) mass is 526 g/mol. The van der Waals surface area contributed by atoms with Gasteiger partial charge in [0, 0.05) is 11.8 Å². The third-order valence-corrected chi connectivity index (χ3v) is 6.33. The van der Waals surface area contributed by atoms with E-state index in [1.807, 2.05) is 32.0 Å². The maximum Gasteiger partial charge on any atom is 0.437 e. The van der Waals surface area contributed by atoms with E-state index in [0.29, 0.717) is 53.7 Å². The van der Waals surface area contributed by atoms with Crippen molar-refractivity contribution in [3.63, 3.8) is 0 Å². The van der Waals surface area contributed by atoms with Crippen LogP contribution in [-0.2, 0) is 35.2 Å². The molecule has 2 aromatic heterocycles. The highest BCUT2D eigenvalue weighted by molar-refractivity contribution is 5.90. The van der Waals surface area contributed by atoms with Crippen LogP contribution in [0.3, 0.4) is 0 Å². The van der Waals surface area contributed by atoms with Gasteiger partial charge in [0.15, 0.2) is 11.3 Å². The van der Waals surface area contributed by atoms with Crippen molar-refractivity contribution >= 4 is 16.9 Å². The molecule has 0 spiro atoms. The average Bonchev–Trinajstić information content (AvgIpc) is 3.35. The molecule has 38 heavy (non-hydrogen) atoms. The molecule has 0 saturated heterocycles. The highest BCUT2D eigenvalue weighted by atomic mass is 19.4. The molecule has 2 heterocycles. The van der Waals surface area contributed by atoms with Gasteiger partial charge in [-0.15, -0.1) is 0 Å². The van der Waals surface area contributed by atoms with Gasteiger partial charge in [0.25, 0.3) is 0 Å². The Bertz CT molecular complexity index is 1380. The second kappa shape index (κ2) is 11.7. The van der Waals surface area contributed by atoms with Crippen LogP contribution in [0.25, 0.3) is 11.0 Å². The van der Waals surface area contributed by atoms with Crippen molar-refractivity contribution in [3.05, 3.63) is 88.4 Å². The Hall–Kier alpha value is -3.88. The van der Waals surface area contributed by atoms with E-state index in [-0.39, 0.29) is 17.6 Å². The number of benzene rings is 2. The third-order valence-electron chi connectivity index (χ3n) is 6.33. The van der Waals surface area contributed by atoms with Crippen LogP contribution in [0, 0.1) is 0 Å². The van der Waals surface area contributed by atoms with Crippen molar-refractivity contribution in [3.8, 4) is 5.75 Å². The zero-order valence-corrected chi connectivity index (χ0v) is 21.5. The van der Waals surface area contributed by atoms with Gasteiger partial charge in [-0.25, -0.2) is 0 Å². The van der Waals surface area contributed by atoms with E-state index in [1.165, 1.54) is 13.2 Å². The molecule has 9 heteroatoms. The van der Waals surface area contributed by atoms with Gasteiger partial charge in [0.05, 0.1) is 18.2 Å². The first-order chi connectivity index (χ1) is 18.3. The van der Waals surface area contributed by atoms with Crippen LogP contribution in [0.15, 0.2) is 59.3 Å². The van der Waals surface area contributed by atoms with E-state index < -0.39 is 23.8 Å². The molecule has 0 aliphatic rings. The molecule has 1 unspecified atom stereocenters. The van der Waals surface area contributed by atoms with Crippen LogP contribution in [0.5, 0.6) is 5.75 Å². The van der Waals surface area contributed by atoms with Gasteiger partial charge in [-0.1, -0.05) is 50.0 Å². The summed E-state index contributed by atoms with van der Waals surface area (Å²) in [6, 6.07) is 14.1. The molecule has 2 aromatic carbocycles. The summed E-state index contributed by atoms with van der Waals surface area (Å²) >= 11 is 0. The molecule has 4 aromatic rings. The summed E-state index contributed by atoms with van der Waals surface area (Å²) in [5, 5.41) is 3.28. The first-order valence-electron chi connectivity index (χ1n) is 12.5. The van der Waals surface area contributed by atoms with Crippen LogP contribution in [-0.4, -0.2) is 23.2 Å². The van der Waals surface area contributed by atoms with Gasteiger partial charge >= 0.3 is 12.1 Å². The van der Waals surface area contributed by atoms with Crippen LogP contribution in [0.2, 0.25) is 0 Å². The number of halogens is 3. The van der Waals surface area contributed by atoms with Crippen molar-refractivity contribution in [2.45, 2.75) is 58.2 Å². The quantitative estimate of drug-likeness (QED) is 0.207. The van der Waals surface area contributed by atoms with Gasteiger partial charge in [0.2, 0.25) is 0 Å². The molecule has 200 valence electrons. The van der Waals surface area contributed by atoms with E-state index in [2.05, 4.69) is 10.1 Å². The number of methoxy groups -OCH3 is 1. The predicted octanol–water partition coefficient (Wildman–Crippen LogP) is 7.03. The minimum Gasteiger partial charge on any atom is -0.487 e. The summed E-state index contributed by atoms with van der Waals surface area (Å²) in [6.45, 7) is 4.14. The first kappa shape index (κ1) is 27.2. The largest absolute Gasteiger partial charge is 0.487 e. The van der Waals surface area contributed by atoms with E-state index >= 15 is 0 Å². The lowest BCUT2D eigenvalue weighted by molar-refractivity contribution is -0.142. The van der Waals surface area contributed by atoms with Crippen LogP contribution < -0.4 is 4.74 Å². The number of carbonyl (C=O) groups is 1. The molecule has 4 rings (SSSR count). The highest BCUT2D eigenvalue weighted by Gasteiger charge is 2.39. The molecular weight excluding hydrogens is 497 g/mol. The number of hydrogen-bond acceptors (Lipinski definition) is 6. The minimum atomic E-state index is -4.66. The van der Waals surface area contributed by atoms with Crippen molar-refractivity contribution in [2.75, 3.05) is 7.11 Å². The zero-order valence-electron chi connectivity index (χ0n) is 21.5. The first-order valence-corrected chi connectivity index (χ1v) is 12.5. The summed E-state index contributed by atoms with van der Waals surface area (Å²) in [5.74, 6) is -0.792. The van der Waals surface area contributed by atoms with E-state index in [1.54, 1.807) is 30.5 Å². The number of carbonyl (C=O) groups excluding carboxylic acids is 1. The molecule has 0 amide bonds. The lowest BCUT2D eigenvalue weighted by Crippen LogP contribution is -2.20. The Balaban J connectivity index is 1.82. The number of aryl methyl sites for hydroxylation is 2. The van der Waals surface area contributed by atoms with Crippen molar-refractivity contribution < 1.29 is 32.0 Å². The van der Waals surface area contributed by atoms with Gasteiger partial charge in [-0.2, -0.15) is 13.2 Å². The lowest BCUT2D eigenvalue weighted by Gasteiger charge is -2.23. The smallest absolute Gasteiger partial charge is 0.437 e. The second-order valence-electron chi connectivity index (χ2n) is 8.97. The van der Waals surface area contributed by atoms with E-state index in [9.17, 15) is 18.0 Å². The SMILES string of the molecule is CCCc1cc2c(C(F)(F)F)noc2c(CCC)c1C(C(=O)OC)c1ccc(OCc2ccccn2)cc1. The summed E-state index contributed by atoms with van der Waals surface area (Å²) in [4.78, 5) is 17.5. The topological polar surface area (TPSA) is 74.5 Å². The predicted molar refractivity (Wildman–Crippen MR) is 136 cm³/mol. The highest BCUT2D eigenvalue weighted by Crippen LogP contribution is 2.42. The average molecular weight is 527 g/mol. The number of fused-ring (bicyclic) bond motifs is 1. The standard InChI is InChI=1S/C29H29F3N2O4/c1-4-8-19-16-23-26(38-34-27(23)29(30,31)32)22(9-5-2)24(19)25(28(35)36-3)18-11-13-21(14-12-18)37-17-20-10-6-7-15-33-20/h6-7,10-16,25H,4-5,8-9,17H2,1-3H3. The number of esters is 1. The lowest BCUT2D eigenvalue weighted by atomic mass is 9.81. The van der Waals surface area contributed by atoms with Gasteiger partial charge in [-0.3, -0.25) is 9.78 Å². The molecule has 0 aliphatic heterocycles. The fourth-order valence-corrected chi connectivity index (χ4v) is 4.69. The van der Waals surface area contributed by atoms with Crippen molar-refractivity contribution in [2.24, 2.45) is 0 Å². The molecule has 1 atom stereocenters. The Morgan fingerprint density at radius 1 is 1.05 bits per heavy atom. The molecule has 0 N–H and O–H groups in total. The van der Waals surface area contributed by atoms with Crippen molar-refractivity contribution in [1.29, 1.82) is 0 Å². The number of ether oxygens (including phenoxy) is 2. The molecule has 0 fully saturated rings. The van der Waals surface area contributed by atoms with E-state index in [0.717, 1.165) is 5.69 Å². The Labute approximate surface area is 218 Å². The summed E-state index contributed by atoms with van der Waals surface area (Å²) in [5.41, 5.74) is 2.20. The minimum absolute atomic E-state index is 0.0539. The number of hydrogen-bond donors (Lipinski definition) is 0. The fourth-order valence-electron chi connectivity index (χ4n) is 4.69. The van der Waals surface area contributed by atoms with Gasteiger partial charge in [0.1, 0.15) is 18.3 Å². The third kappa shape index (κ3) is 5.66. The van der Waals surface area contributed by atoms with Crippen LogP contribution in [0.4, 0.5) is 13.2 Å². The summed E-state index contributed by atoms with van der Waals surface area (Å²) < 4.78 is 57.4. The molecule has 0 saturated carbocycles. The second-order valence-corrected chi connectivity index (χ2v) is 8.97. The molecule has 0 radical (unpaired) electrons. The van der Waals surface area contributed by atoms with Crippen LogP contribution in [0.1, 0.15) is 66.2 Å². The zero-order chi connectivity index (χ0) is 27.3. The number of aromatic nitrogens is 2. The molecular formula is C29H29F3N2O4. The molecule has 6 nitrogen and oxygen atoms in total. The fraction of sp³-hybridized carbons (Fsp3) is 0.345. The Morgan fingerprint density at radius 2 is 1.79 bits per heavy atom. The number of pyridine rings is 1. The molecule has 0 aliphatic carbocycles. The Kier molecular flexibility index (Phi) is 8.34. The Morgan fingerprint density at radius 3 is 2.39 bits per heavy atom. The summed E-state index contributed by atoms with van der Waals surface area (Å²) in [6.07, 6.45) is -0.781.